The first-order valence-electron chi connectivity index (χ1n) is 7.49. The van der Waals surface area contributed by atoms with Crippen LogP contribution in [-0.4, -0.2) is 43.5 Å². The fourth-order valence-corrected chi connectivity index (χ4v) is 2.61. The van der Waals surface area contributed by atoms with E-state index in [9.17, 15) is 9.18 Å². The van der Waals surface area contributed by atoms with Crippen molar-refractivity contribution in [2.45, 2.75) is 32.4 Å². The molecule has 0 spiro atoms. The number of piperidine rings is 1. The van der Waals surface area contributed by atoms with Crippen molar-refractivity contribution in [3.63, 3.8) is 0 Å². The average molecular weight is 293 g/mol. The Balaban J connectivity index is 1.77. The zero-order valence-corrected chi connectivity index (χ0v) is 12.8. The monoisotopic (exact) mass is 293 g/mol. The Hall–Kier alpha value is -1.46. The Morgan fingerprint density at radius 2 is 2.14 bits per heavy atom. The third-order valence-corrected chi connectivity index (χ3v) is 4.05. The summed E-state index contributed by atoms with van der Waals surface area (Å²) in [5.74, 6) is -0.245. The summed E-state index contributed by atoms with van der Waals surface area (Å²) < 4.78 is 13.4. The highest BCUT2D eigenvalue weighted by atomic mass is 19.1. The van der Waals surface area contributed by atoms with Crippen molar-refractivity contribution in [3.05, 3.63) is 35.1 Å². The summed E-state index contributed by atoms with van der Waals surface area (Å²) in [5, 5.41) is 6.17. The largest absolute Gasteiger partial charge is 0.351 e. The summed E-state index contributed by atoms with van der Waals surface area (Å²) in [5.41, 5.74) is 1.41. The summed E-state index contributed by atoms with van der Waals surface area (Å²) >= 11 is 0. The van der Waals surface area contributed by atoms with Gasteiger partial charge in [-0.2, -0.15) is 0 Å². The lowest BCUT2D eigenvalue weighted by Crippen LogP contribution is -2.45. The molecular weight excluding hydrogens is 269 g/mol. The minimum Gasteiger partial charge on any atom is -0.351 e. The van der Waals surface area contributed by atoms with Crippen molar-refractivity contribution in [2.75, 3.05) is 26.7 Å². The topological polar surface area (TPSA) is 44.4 Å². The molecule has 1 aliphatic heterocycles. The molecular formula is C16H24FN3O. The number of aryl methyl sites for hydroxylation is 1. The number of halogens is 1. The van der Waals surface area contributed by atoms with Gasteiger partial charge < -0.3 is 10.6 Å². The van der Waals surface area contributed by atoms with Gasteiger partial charge in [0.2, 0.25) is 5.91 Å². The van der Waals surface area contributed by atoms with Crippen molar-refractivity contribution in [3.8, 4) is 0 Å². The predicted molar refractivity (Wildman–Crippen MR) is 81.5 cm³/mol. The fraction of sp³-hybridized carbons (Fsp3) is 0.562. The van der Waals surface area contributed by atoms with E-state index in [0.29, 0.717) is 24.7 Å². The van der Waals surface area contributed by atoms with E-state index >= 15 is 0 Å². The number of amides is 1. The second-order valence-electron chi connectivity index (χ2n) is 5.76. The minimum absolute atomic E-state index is 0.0167. The molecule has 0 aliphatic carbocycles. The lowest BCUT2D eigenvalue weighted by Gasteiger charge is -2.31. The van der Waals surface area contributed by atoms with Crippen LogP contribution in [0.1, 0.15) is 24.0 Å². The predicted octanol–water partition coefficient (Wildman–Crippen LogP) is 1.43. The standard InChI is InChI=1S/C16H24FN3O/c1-12-3-4-13(9-15(12)17)10-19-16(21)11-20(2)14-5-7-18-8-6-14/h3-4,9,14,18H,5-8,10-11H2,1-2H3,(H,19,21). The van der Waals surface area contributed by atoms with Crippen LogP contribution in [-0.2, 0) is 11.3 Å². The zero-order chi connectivity index (χ0) is 15.2. The van der Waals surface area contributed by atoms with Crippen molar-refractivity contribution in [1.29, 1.82) is 0 Å². The van der Waals surface area contributed by atoms with Gasteiger partial charge in [0.25, 0.3) is 0 Å². The summed E-state index contributed by atoms with van der Waals surface area (Å²) in [6.45, 7) is 4.51. The highest BCUT2D eigenvalue weighted by molar-refractivity contribution is 5.78. The summed E-state index contributed by atoms with van der Waals surface area (Å²) in [4.78, 5) is 14.1. The SMILES string of the molecule is Cc1ccc(CNC(=O)CN(C)C2CCNCC2)cc1F. The molecule has 116 valence electrons. The van der Waals surface area contributed by atoms with Crippen LogP contribution in [0.15, 0.2) is 18.2 Å². The van der Waals surface area contributed by atoms with Gasteiger partial charge in [-0.15, -0.1) is 0 Å². The Morgan fingerprint density at radius 1 is 1.43 bits per heavy atom. The quantitative estimate of drug-likeness (QED) is 0.863. The van der Waals surface area contributed by atoms with Crippen LogP contribution < -0.4 is 10.6 Å². The van der Waals surface area contributed by atoms with Gasteiger partial charge in [0, 0.05) is 12.6 Å². The molecule has 2 N–H and O–H groups in total. The highest BCUT2D eigenvalue weighted by Crippen LogP contribution is 2.10. The third-order valence-electron chi connectivity index (χ3n) is 4.05. The first kappa shape index (κ1) is 15.9. The summed E-state index contributed by atoms with van der Waals surface area (Å²) in [6, 6.07) is 5.52. The number of carbonyl (C=O) groups excluding carboxylic acids is 1. The Kier molecular flexibility index (Phi) is 5.70. The maximum absolute atomic E-state index is 13.4. The van der Waals surface area contributed by atoms with Crippen LogP contribution in [0.3, 0.4) is 0 Å². The van der Waals surface area contributed by atoms with Crippen LogP contribution in [0.5, 0.6) is 0 Å². The molecule has 2 rings (SSSR count). The molecule has 1 aromatic rings. The molecule has 1 aromatic carbocycles. The molecule has 0 radical (unpaired) electrons. The average Bonchev–Trinajstić information content (AvgIpc) is 2.49. The van der Waals surface area contributed by atoms with Crippen molar-refractivity contribution < 1.29 is 9.18 Å². The second-order valence-corrected chi connectivity index (χ2v) is 5.76. The molecule has 21 heavy (non-hydrogen) atoms. The molecule has 0 bridgehead atoms. The number of nitrogens with one attached hydrogen (secondary N) is 2. The van der Waals surface area contributed by atoms with E-state index in [0.717, 1.165) is 31.5 Å². The molecule has 0 saturated carbocycles. The number of nitrogens with zero attached hydrogens (tertiary/aromatic N) is 1. The van der Waals surface area contributed by atoms with Crippen LogP contribution in [0, 0.1) is 12.7 Å². The molecule has 1 fully saturated rings. The van der Waals surface area contributed by atoms with E-state index in [1.807, 2.05) is 13.1 Å². The van der Waals surface area contributed by atoms with E-state index in [1.54, 1.807) is 13.0 Å². The number of hydrogen-bond donors (Lipinski definition) is 2. The second kappa shape index (κ2) is 7.52. The summed E-state index contributed by atoms with van der Waals surface area (Å²) in [6.07, 6.45) is 2.15. The fourth-order valence-electron chi connectivity index (χ4n) is 2.61. The first-order chi connectivity index (χ1) is 10.1. The van der Waals surface area contributed by atoms with Crippen LogP contribution in [0.2, 0.25) is 0 Å². The Morgan fingerprint density at radius 3 is 2.81 bits per heavy atom. The van der Waals surface area contributed by atoms with Crippen molar-refractivity contribution in [2.24, 2.45) is 0 Å². The number of carbonyl (C=O) groups is 1. The van der Waals surface area contributed by atoms with Gasteiger partial charge in [-0.3, -0.25) is 9.69 Å². The van der Waals surface area contributed by atoms with Crippen LogP contribution in [0.25, 0.3) is 0 Å². The molecule has 1 heterocycles. The van der Waals surface area contributed by atoms with E-state index in [2.05, 4.69) is 15.5 Å². The Labute approximate surface area is 125 Å². The molecule has 0 aromatic heterocycles. The maximum atomic E-state index is 13.4. The zero-order valence-electron chi connectivity index (χ0n) is 12.8. The van der Waals surface area contributed by atoms with Crippen molar-refractivity contribution in [1.82, 2.24) is 15.5 Å². The maximum Gasteiger partial charge on any atom is 0.234 e. The van der Waals surface area contributed by atoms with Gasteiger partial charge in [0.05, 0.1) is 6.54 Å². The van der Waals surface area contributed by atoms with Gasteiger partial charge in [0.15, 0.2) is 0 Å². The van der Waals surface area contributed by atoms with Gasteiger partial charge in [-0.25, -0.2) is 4.39 Å². The number of rotatable bonds is 5. The highest BCUT2D eigenvalue weighted by Gasteiger charge is 2.19. The van der Waals surface area contributed by atoms with Gasteiger partial charge in [-0.05, 0) is 57.1 Å². The van der Waals surface area contributed by atoms with Crippen LogP contribution in [0.4, 0.5) is 4.39 Å². The Bertz CT molecular complexity index is 486. The minimum atomic E-state index is -0.228. The number of hydrogen-bond acceptors (Lipinski definition) is 3. The molecule has 4 nitrogen and oxygen atoms in total. The van der Waals surface area contributed by atoms with Gasteiger partial charge in [-0.1, -0.05) is 12.1 Å². The molecule has 1 amide bonds. The van der Waals surface area contributed by atoms with E-state index in [4.69, 9.17) is 0 Å². The van der Waals surface area contributed by atoms with Crippen LogP contribution >= 0.6 is 0 Å². The number of likely N-dealkylation sites (N-methyl/N-ethyl adjacent to an activating group) is 1. The smallest absolute Gasteiger partial charge is 0.234 e. The molecule has 0 atom stereocenters. The molecule has 1 saturated heterocycles. The molecule has 0 unspecified atom stereocenters. The lowest BCUT2D eigenvalue weighted by molar-refractivity contribution is -0.122. The van der Waals surface area contributed by atoms with E-state index in [1.165, 1.54) is 6.07 Å². The number of benzene rings is 1. The molecule has 1 aliphatic rings. The first-order valence-corrected chi connectivity index (χ1v) is 7.49. The summed E-state index contributed by atoms with van der Waals surface area (Å²) in [7, 11) is 1.99. The van der Waals surface area contributed by atoms with Crippen molar-refractivity contribution >= 4 is 5.91 Å². The third kappa shape index (κ3) is 4.79. The van der Waals surface area contributed by atoms with Gasteiger partial charge in [0.1, 0.15) is 5.82 Å². The van der Waals surface area contributed by atoms with Gasteiger partial charge >= 0.3 is 0 Å². The lowest BCUT2D eigenvalue weighted by atomic mass is 10.1. The van der Waals surface area contributed by atoms with E-state index < -0.39 is 0 Å². The normalized spacial score (nSPS) is 16.2. The molecule has 5 heteroatoms. The van der Waals surface area contributed by atoms with E-state index in [-0.39, 0.29) is 11.7 Å².